The topological polar surface area (TPSA) is 93.1 Å². The Hall–Kier alpha value is -4.48. The number of nitrogens with zero attached hydrogens (tertiary/aromatic N) is 5. The molecule has 4 heterocycles. The Balaban J connectivity index is 1.45. The lowest BCUT2D eigenvalue weighted by Gasteiger charge is -2.44. The van der Waals surface area contributed by atoms with Gasteiger partial charge in [-0.15, -0.1) is 6.42 Å². The molecule has 0 bridgehead atoms. The number of fused-ring (bicyclic) bond motifs is 3. The molecule has 9 nitrogen and oxygen atoms in total. The van der Waals surface area contributed by atoms with E-state index in [1.807, 2.05) is 0 Å². The Morgan fingerprint density at radius 3 is 2.49 bits per heavy atom. The number of aromatic nitrogens is 3. The fourth-order valence-corrected chi connectivity index (χ4v) is 8.42. The molecule has 3 unspecified atom stereocenters. The van der Waals surface area contributed by atoms with E-state index in [9.17, 15) is 18.3 Å². The lowest BCUT2D eigenvalue weighted by Crippen LogP contribution is -2.57. The highest BCUT2D eigenvalue weighted by molar-refractivity contribution is 6.04. The maximum Gasteiger partial charge on any atom is 0.418 e. The third kappa shape index (κ3) is 5.84. The summed E-state index contributed by atoms with van der Waals surface area (Å²) in [6.07, 6.45) is 5.08. The van der Waals surface area contributed by atoms with Crippen LogP contribution in [0.25, 0.3) is 32.9 Å². The molecule has 2 saturated heterocycles. The Labute approximate surface area is 291 Å². The third-order valence-corrected chi connectivity index (χ3v) is 10.9. The lowest BCUT2D eigenvalue weighted by molar-refractivity contribution is -0.261. The zero-order chi connectivity index (χ0) is 36.3. The van der Waals surface area contributed by atoms with Gasteiger partial charge in [-0.1, -0.05) is 18.4 Å². The van der Waals surface area contributed by atoms with E-state index in [0.29, 0.717) is 11.1 Å². The van der Waals surface area contributed by atoms with Crippen molar-refractivity contribution in [3.8, 4) is 41.2 Å². The van der Waals surface area contributed by atoms with Gasteiger partial charge in [-0.25, -0.2) is 13.8 Å². The van der Waals surface area contributed by atoms with Crippen LogP contribution in [0.2, 0.25) is 0 Å². The second-order valence-corrected chi connectivity index (χ2v) is 13.9. The van der Waals surface area contributed by atoms with E-state index >= 15 is 8.78 Å². The molecule has 1 saturated carbocycles. The molecule has 3 atom stereocenters. The minimum Gasteiger partial charge on any atom is -0.497 e. The summed E-state index contributed by atoms with van der Waals surface area (Å²) >= 11 is 0. The molecule has 1 aliphatic carbocycles. The van der Waals surface area contributed by atoms with Crippen molar-refractivity contribution < 1.29 is 41.3 Å². The monoisotopic (exact) mass is 711 g/mol. The van der Waals surface area contributed by atoms with Crippen molar-refractivity contribution in [1.82, 2.24) is 19.9 Å². The zero-order valence-electron chi connectivity index (χ0n) is 28.5. The van der Waals surface area contributed by atoms with Gasteiger partial charge in [0.1, 0.15) is 34.0 Å². The van der Waals surface area contributed by atoms with Gasteiger partial charge in [-0.2, -0.15) is 23.1 Å². The van der Waals surface area contributed by atoms with Crippen molar-refractivity contribution in [1.29, 1.82) is 0 Å². The maximum atomic E-state index is 17.2. The van der Waals surface area contributed by atoms with Gasteiger partial charge in [0.2, 0.25) is 5.88 Å². The van der Waals surface area contributed by atoms with Gasteiger partial charge >= 0.3 is 12.2 Å². The summed E-state index contributed by atoms with van der Waals surface area (Å²) in [6.45, 7) is 0.391. The molecule has 0 amide bonds. The molecule has 2 aliphatic heterocycles. The normalized spacial score (nSPS) is 24.1. The standard InChI is InChI=1S/C37H38F5N5O4/c1-5-23-25(38)11-10-21-17-22(49-3)18-24(27(21)23)30-29(39)31-28(33(43-30)50-4)32(47-16-8-14-36(48,19-47)37(40,41)42)45-34(44-31)51-20-35-12-6-9-26(35)46(2)15-7-13-35/h1,10-11,17-18,26,48H,6-9,12-16,19-20H2,2-4H3. The number of ether oxygens (including phenoxy) is 3. The predicted molar refractivity (Wildman–Crippen MR) is 181 cm³/mol. The Bertz CT molecular complexity index is 2050. The molecule has 51 heavy (non-hydrogen) atoms. The molecule has 7 rings (SSSR count). The van der Waals surface area contributed by atoms with Crippen molar-refractivity contribution >= 4 is 27.5 Å². The number of halogens is 5. The first-order chi connectivity index (χ1) is 24.3. The average Bonchev–Trinajstić information content (AvgIpc) is 3.56. The summed E-state index contributed by atoms with van der Waals surface area (Å²) in [7, 11) is 4.78. The molecule has 4 aromatic rings. The average molecular weight is 712 g/mol. The van der Waals surface area contributed by atoms with E-state index in [1.165, 1.54) is 37.3 Å². The van der Waals surface area contributed by atoms with Crippen molar-refractivity contribution in [3.63, 3.8) is 0 Å². The smallest absolute Gasteiger partial charge is 0.418 e. The minimum absolute atomic E-state index is 0.0264. The third-order valence-electron chi connectivity index (χ3n) is 10.9. The van der Waals surface area contributed by atoms with Crippen LogP contribution >= 0.6 is 0 Å². The molecular weight excluding hydrogens is 673 g/mol. The number of terminal acetylenes is 1. The number of hydrogen-bond acceptors (Lipinski definition) is 9. The minimum atomic E-state index is -4.93. The number of rotatable bonds is 7. The number of β-amino-alcohol motifs (C(OH)–C–C–N with tert-alkyl or cyclic N) is 1. The summed E-state index contributed by atoms with van der Waals surface area (Å²) in [5, 5.41) is 11.3. The summed E-state index contributed by atoms with van der Waals surface area (Å²) < 4.78 is 92.1. The van der Waals surface area contributed by atoms with E-state index in [4.69, 9.17) is 20.6 Å². The number of benzene rings is 2. The first-order valence-corrected chi connectivity index (χ1v) is 16.9. The Morgan fingerprint density at radius 2 is 1.76 bits per heavy atom. The second-order valence-electron chi connectivity index (χ2n) is 13.9. The van der Waals surface area contributed by atoms with Crippen molar-refractivity contribution in [3.05, 3.63) is 41.5 Å². The molecule has 3 aliphatic rings. The summed E-state index contributed by atoms with van der Waals surface area (Å²) in [5.74, 6) is 0.637. The van der Waals surface area contributed by atoms with Crippen LogP contribution in [-0.4, -0.2) is 90.3 Å². The van der Waals surface area contributed by atoms with E-state index in [-0.39, 0.29) is 81.8 Å². The van der Waals surface area contributed by atoms with Crippen molar-refractivity contribution in [2.24, 2.45) is 5.41 Å². The number of piperidine rings is 2. The summed E-state index contributed by atoms with van der Waals surface area (Å²) in [4.78, 5) is 17.1. The summed E-state index contributed by atoms with van der Waals surface area (Å²) in [5.41, 5.74) is -3.92. The van der Waals surface area contributed by atoms with E-state index in [2.05, 4.69) is 32.8 Å². The van der Waals surface area contributed by atoms with Crippen LogP contribution in [0.4, 0.5) is 27.8 Å². The lowest BCUT2D eigenvalue weighted by atomic mass is 9.76. The first kappa shape index (κ1) is 34.9. The molecular formula is C37H38F5N5O4. The van der Waals surface area contributed by atoms with Crippen LogP contribution in [0.5, 0.6) is 17.6 Å². The number of anilines is 1. The fourth-order valence-electron chi connectivity index (χ4n) is 8.42. The molecule has 3 fully saturated rings. The molecule has 2 aromatic heterocycles. The number of alkyl halides is 3. The van der Waals surface area contributed by atoms with Crippen LogP contribution in [-0.2, 0) is 0 Å². The molecule has 270 valence electrons. The molecule has 14 heteroatoms. The molecule has 0 radical (unpaired) electrons. The van der Waals surface area contributed by atoms with Gasteiger partial charge in [0.05, 0.1) is 32.9 Å². The SMILES string of the molecule is C#Cc1c(F)ccc2cc(OC)cc(-c3nc(OC)c4c(N5CCCC(O)(C(F)(F)F)C5)nc(OCC56CCCC5N(C)CCC6)nc4c3F)c12. The zero-order valence-corrected chi connectivity index (χ0v) is 28.5. The Morgan fingerprint density at radius 1 is 1.00 bits per heavy atom. The van der Waals surface area contributed by atoms with Crippen molar-refractivity contribution in [2.75, 3.05) is 52.4 Å². The van der Waals surface area contributed by atoms with Gasteiger partial charge in [-0.3, -0.25) is 0 Å². The van der Waals surface area contributed by atoms with Gasteiger partial charge in [0.15, 0.2) is 11.4 Å². The van der Waals surface area contributed by atoms with Gasteiger partial charge < -0.3 is 29.1 Å². The number of hydrogen-bond donors (Lipinski definition) is 1. The first-order valence-electron chi connectivity index (χ1n) is 16.9. The highest BCUT2D eigenvalue weighted by atomic mass is 19.4. The second kappa shape index (κ2) is 12.9. The number of aliphatic hydroxyl groups is 1. The number of methoxy groups -OCH3 is 2. The van der Waals surface area contributed by atoms with Crippen molar-refractivity contribution in [2.45, 2.75) is 62.8 Å². The van der Waals surface area contributed by atoms with Crippen LogP contribution in [0.3, 0.4) is 0 Å². The van der Waals surface area contributed by atoms with E-state index in [1.54, 1.807) is 6.07 Å². The summed E-state index contributed by atoms with van der Waals surface area (Å²) in [6, 6.07) is 5.81. The maximum absolute atomic E-state index is 17.2. The van der Waals surface area contributed by atoms with Gasteiger partial charge in [0.25, 0.3) is 0 Å². The molecule has 1 N–H and O–H groups in total. The molecule has 2 aromatic carbocycles. The molecule has 0 spiro atoms. The van der Waals surface area contributed by atoms with E-state index < -0.39 is 36.4 Å². The van der Waals surface area contributed by atoms with Crippen LogP contribution in [0.15, 0.2) is 24.3 Å². The van der Waals surface area contributed by atoms with E-state index in [0.717, 1.165) is 38.6 Å². The number of likely N-dealkylation sites (tertiary alicyclic amines) is 1. The van der Waals surface area contributed by atoms with Gasteiger partial charge in [-0.05, 0) is 75.7 Å². The van der Waals surface area contributed by atoms with Crippen LogP contribution in [0, 0.1) is 29.4 Å². The highest BCUT2D eigenvalue weighted by Gasteiger charge is 2.56. The largest absolute Gasteiger partial charge is 0.497 e. The fraction of sp³-hybridized carbons (Fsp3) is 0.486. The van der Waals surface area contributed by atoms with Crippen LogP contribution in [0.1, 0.15) is 50.5 Å². The Kier molecular flexibility index (Phi) is 8.86. The highest BCUT2D eigenvalue weighted by Crippen LogP contribution is 2.48. The van der Waals surface area contributed by atoms with Gasteiger partial charge in [0, 0.05) is 29.0 Å². The van der Waals surface area contributed by atoms with Crippen LogP contribution < -0.4 is 19.1 Å². The number of pyridine rings is 1. The predicted octanol–water partition coefficient (Wildman–Crippen LogP) is 6.66. The quantitative estimate of drug-likeness (QED) is 0.167.